The van der Waals surface area contributed by atoms with Crippen LogP contribution in [0.3, 0.4) is 0 Å². The zero-order valence-electron chi connectivity index (χ0n) is 19.7. The number of rotatable bonds is 12. The molecule has 0 N–H and O–H groups in total. The average Bonchev–Trinajstić information content (AvgIpc) is 3.35. The summed E-state index contributed by atoms with van der Waals surface area (Å²) in [5.74, 6) is 0.708. The first-order valence-corrected chi connectivity index (χ1v) is 13.6. The number of nitrogens with zero attached hydrogens (tertiary/aromatic N) is 3. The maximum atomic E-state index is 6.13. The minimum atomic E-state index is -2.30. The molecule has 0 aliphatic rings. The van der Waals surface area contributed by atoms with Crippen molar-refractivity contribution in [2.45, 2.75) is 6.42 Å². The van der Waals surface area contributed by atoms with Gasteiger partial charge in [-0.2, -0.15) is 0 Å². The fourth-order valence-corrected chi connectivity index (χ4v) is 4.93. The Morgan fingerprint density at radius 3 is 2.14 bits per heavy atom. The summed E-state index contributed by atoms with van der Waals surface area (Å²) in [5, 5.41) is 9.33. The third-order valence-electron chi connectivity index (χ3n) is 5.67. The molecule has 4 aromatic rings. The van der Waals surface area contributed by atoms with Crippen LogP contribution in [0, 0.1) is 0 Å². The van der Waals surface area contributed by atoms with E-state index >= 15 is 0 Å². The van der Waals surface area contributed by atoms with E-state index in [9.17, 15) is 0 Å². The molecule has 176 valence electrons. The van der Waals surface area contributed by atoms with Gasteiger partial charge in [0.1, 0.15) is 29.1 Å². The van der Waals surface area contributed by atoms with E-state index in [0.717, 1.165) is 27.8 Å². The van der Waals surface area contributed by atoms with E-state index < -0.39 is 8.32 Å². The standard InChI is InChI=1S/C29H29N3O2Si/c1-4-35(5-2,6-3)34-22-20-25-18-19-29(33-21-12-15-24-13-8-7-9-14-24)28(23-25)32-30-26-16-10-11-17-27(26)31-32/h4-19,23H,1-3,20-22H2. The van der Waals surface area contributed by atoms with Crippen LogP contribution in [0.25, 0.3) is 22.8 Å². The van der Waals surface area contributed by atoms with Gasteiger partial charge in [-0.1, -0.05) is 71.7 Å². The fourth-order valence-electron chi connectivity index (χ4n) is 3.62. The summed E-state index contributed by atoms with van der Waals surface area (Å²) < 4.78 is 12.3. The van der Waals surface area contributed by atoms with E-state index in [1.807, 2.05) is 83.8 Å². The lowest BCUT2D eigenvalue weighted by Gasteiger charge is -2.20. The summed E-state index contributed by atoms with van der Waals surface area (Å²) >= 11 is 0. The molecule has 0 radical (unpaired) electrons. The molecule has 0 saturated carbocycles. The Kier molecular flexibility index (Phi) is 7.87. The van der Waals surface area contributed by atoms with Gasteiger partial charge in [-0.25, -0.2) is 0 Å². The SMILES string of the molecule is C=C[Si](C=C)(C=C)OCCc1ccc(OCC=Cc2ccccc2)c(-n2nc3ccccc3n2)c1. The lowest BCUT2D eigenvalue weighted by molar-refractivity contribution is 0.325. The number of ether oxygens (including phenoxy) is 1. The summed E-state index contributed by atoms with van der Waals surface area (Å²) in [5.41, 5.74) is 10.2. The normalized spacial score (nSPS) is 11.5. The van der Waals surface area contributed by atoms with Crippen LogP contribution in [-0.4, -0.2) is 36.5 Å². The molecule has 3 aromatic carbocycles. The highest BCUT2D eigenvalue weighted by Crippen LogP contribution is 2.25. The third kappa shape index (κ3) is 5.92. The maximum absolute atomic E-state index is 6.13. The molecule has 0 aliphatic carbocycles. The molecule has 0 fully saturated rings. The second-order valence-electron chi connectivity index (χ2n) is 7.97. The Labute approximate surface area is 207 Å². The van der Waals surface area contributed by atoms with Gasteiger partial charge in [-0.3, -0.25) is 0 Å². The van der Waals surface area contributed by atoms with Gasteiger partial charge < -0.3 is 9.16 Å². The van der Waals surface area contributed by atoms with E-state index in [2.05, 4.69) is 48.1 Å². The number of hydrogen-bond acceptors (Lipinski definition) is 4. The molecule has 1 heterocycles. The molecule has 0 bridgehead atoms. The van der Waals surface area contributed by atoms with Gasteiger partial charge in [-0.15, -0.1) is 34.7 Å². The molecule has 5 nitrogen and oxygen atoms in total. The monoisotopic (exact) mass is 479 g/mol. The molecule has 4 rings (SSSR count). The Morgan fingerprint density at radius 2 is 1.49 bits per heavy atom. The minimum absolute atomic E-state index is 0.428. The fraction of sp³-hybridized carbons (Fsp3) is 0.103. The van der Waals surface area contributed by atoms with Crippen molar-refractivity contribution in [3.63, 3.8) is 0 Å². The molecule has 6 heteroatoms. The highest BCUT2D eigenvalue weighted by atomic mass is 28.4. The smallest absolute Gasteiger partial charge is 0.264 e. The van der Waals surface area contributed by atoms with Gasteiger partial charge in [0.05, 0.1) is 0 Å². The van der Waals surface area contributed by atoms with Crippen molar-refractivity contribution >= 4 is 25.4 Å². The summed E-state index contributed by atoms with van der Waals surface area (Å²) in [4.78, 5) is 1.64. The lowest BCUT2D eigenvalue weighted by atomic mass is 10.1. The van der Waals surface area contributed by atoms with Crippen molar-refractivity contribution in [3.8, 4) is 11.4 Å². The molecule has 0 saturated heterocycles. The zero-order valence-corrected chi connectivity index (χ0v) is 20.7. The van der Waals surface area contributed by atoms with Crippen molar-refractivity contribution in [2.24, 2.45) is 0 Å². The van der Waals surface area contributed by atoms with Crippen LogP contribution < -0.4 is 4.74 Å². The molecule has 0 amide bonds. The third-order valence-corrected chi connectivity index (χ3v) is 8.29. The summed E-state index contributed by atoms with van der Waals surface area (Å²) in [6.07, 6.45) is 4.75. The highest BCUT2D eigenvalue weighted by Gasteiger charge is 2.23. The van der Waals surface area contributed by atoms with E-state index in [0.29, 0.717) is 25.4 Å². The van der Waals surface area contributed by atoms with Crippen LogP contribution >= 0.6 is 0 Å². The van der Waals surface area contributed by atoms with Crippen LogP contribution in [0.5, 0.6) is 5.75 Å². The Bertz CT molecular complexity index is 1290. The quantitative estimate of drug-likeness (QED) is 0.227. The molecular formula is C29H29N3O2Si. The van der Waals surface area contributed by atoms with Crippen LogP contribution in [0.2, 0.25) is 0 Å². The first-order chi connectivity index (χ1) is 17.2. The molecule has 0 aliphatic heterocycles. The number of fused-ring (bicyclic) bond motifs is 1. The summed E-state index contributed by atoms with van der Waals surface area (Å²) in [6.45, 7) is 12.6. The second-order valence-corrected chi connectivity index (χ2v) is 11.2. The topological polar surface area (TPSA) is 49.2 Å². The Balaban J connectivity index is 1.55. The average molecular weight is 480 g/mol. The maximum Gasteiger partial charge on any atom is 0.264 e. The molecule has 1 aromatic heterocycles. The van der Waals surface area contributed by atoms with Gasteiger partial charge in [0.15, 0.2) is 0 Å². The molecule has 0 atom stereocenters. The van der Waals surface area contributed by atoms with Crippen molar-refractivity contribution in [1.29, 1.82) is 0 Å². The predicted octanol–water partition coefficient (Wildman–Crippen LogP) is 6.19. The van der Waals surface area contributed by atoms with Crippen LogP contribution in [0.1, 0.15) is 11.1 Å². The van der Waals surface area contributed by atoms with E-state index in [1.54, 1.807) is 4.80 Å². The van der Waals surface area contributed by atoms with Crippen molar-refractivity contribution in [2.75, 3.05) is 13.2 Å². The van der Waals surface area contributed by atoms with Gasteiger partial charge in [-0.05, 0) is 47.9 Å². The largest absolute Gasteiger partial charge is 0.487 e. The van der Waals surface area contributed by atoms with Gasteiger partial charge in [0, 0.05) is 6.61 Å². The summed E-state index contributed by atoms with van der Waals surface area (Å²) in [7, 11) is -2.30. The van der Waals surface area contributed by atoms with E-state index in [1.165, 1.54) is 0 Å². The van der Waals surface area contributed by atoms with Crippen LogP contribution in [-0.2, 0) is 10.8 Å². The van der Waals surface area contributed by atoms with Crippen LogP contribution in [0.15, 0.2) is 116 Å². The number of hydrogen-bond donors (Lipinski definition) is 0. The first kappa shape index (κ1) is 24.1. The van der Waals surface area contributed by atoms with Crippen LogP contribution in [0.4, 0.5) is 0 Å². The second kappa shape index (κ2) is 11.4. The molecule has 0 spiro atoms. The molecule has 35 heavy (non-hydrogen) atoms. The van der Waals surface area contributed by atoms with Crippen molar-refractivity contribution in [3.05, 3.63) is 127 Å². The Morgan fingerprint density at radius 1 is 0.829 bits per heavy atom. The summed E-state index contributed by atoms with van der Waals surface area (Å²) in [6, 6.07) is 24.0. The highest BCUT2D eigenvalue weighted by molar-refractivity contribution is 6.87. The lowest BCUT2D eigenvalue weighted by Crippen LogP contribution is -2.32. The van der Waals surface area contributed by atoms with E-state index in [-0.39, 0.29) is 0 Å². The number of aromatic nitrogens is 3. The van der Waals surface area contributed by atoms with Crippen molar-refractivity contribution in [1.82, 2.24) is 15.0 Å². The zero-order chi connectivity index (χ0) is 24.5. The predicted molar refractivity (Wildman–Crippen MR) is 146 cm³/mol. The Hall–Kier alpha value is -4.00. The van der Waals surface area contributed by atoms with Crippen molar-refractivity contribution < 1.29 is 9.16 Å². The molecule has 0 unspecified atom stereocenters. The minimum Gasteiger partial charge on any atom is -0.487 e. The van der Waals surface area contributed by atoms with Gasteiger partial charge in [0.2, 0.25) is 0 Å². The van der Waals surface area contributed by atoms with Gasteiger partial charge >= 0.3 is 0 Å². The molecular weight excluding hydrogens is 450 g/mol. The van der Waals surface area contributed by atoms with E-state index in [4.69, 9.17) is 9.16 Å². The van der Waals surface area contributed by atoms with Gasteiger partial charge in [0.25, 0.3) is 8.32 Å². The first-order valence-electron chi connectivity index (χ1n) is 11.5. The number of benzene rings is 3.